The van der Waals surface area contributed by atoms with Gasteiger partial charge >= 0.3 is 11.9 Å². The molecule has 0 bridgehead atoms. The van der Waals surface area contributed by atoms with Crippen molar-refractivity contribution in [2.45, 2.75) is 6.18 Å². The number of halogens is 3. The number of fused-ring (bicyclic) bond motifs is 1. The second-order valence-corrected chi connectivity index (χ2v) is 9.38. The van der Waals surface area contributed by atoms with E-state index in [0.29, 0.717) is 54.3 Å². The SMILES string of the molecule is Cn1c(=O)c2[nH]c(-c3ccc(OCC(=O)N4CCN(c5cccc(C(F)(F)F)c5)CC4)cc3)cc2n(C)c1=O. The maximum atomic E-state index is 13.0. The van der Waals surface area contributed by atoms with Gasteiger partial charge in [-0.25, -0.2) is 4.79 Å². The number of amides is 1. The summed E-state index contributed by atoms with van der Waals surface area (Å²) in [5.74, 6) is 0.268. The molecule has 3 heterocycles. The summed E-state index contributed by atoms with van der Waals surface area (Å²) in [7, 11) is 3.02. The van der Waals surface area contributed by atoms with Gasteiger partial charge in [0.05, 0.1) is 11.1 Å². The van der Waals surface area contributed by atoms with Gasteiger partial charge in [0.1, 0.15) is 11.3 Å². The van der Waals surface area contributed by atoms with Crippen molar-refractivity contribution in [2.75, 3.05) is 37.7 Å². The van der Waals surface area contributed by atoms with Crippen LogP contribution in [0.5, 0.6) is 5.75 Å². The molecule has 1 N–H and O–H groups in total. The Labute approximate surface area is 220 Å². The van der Waals surface area contributed by atoms with E-state index in [1.165, 1.54) is 17.7 Å². The predicted molar refractivity (Wildman–Crippen MR) is 140 cm³/mol. The summed E-state index contributed by atoms with van der Waals surface area (Å²) >= 11 is 0. The van der Waals surface area contributed by atoms with Crippen molar-refractivity contribution in [1.82, 2.24) is 19.0 Å². The second-order valence-electron chi connectivity index (χ2n) is 9.38. The first-order chi connectivity index (χ1) is 18.5. The number of aryl methyl sites for hydroxylation is 1. The largest absolute Gasteiger partial charge is 0.484 e. The summed E-state index contributed by atoms with van der Waals surface area (Å²) in [4.78, 5) is 43.8. The van der Waals surface area contributed by atoms with E-state index in [9.17, 15) is 27.6 Å². The van der Waals surface area contributed by atoms with Crippen molar-refractivity contribution in [3.8, 4) is 17.0 Å². The molecule has 9 nitrogen and oxygen atoms in total. The molecule has 0 atom stereocenters. The molecular weight excluding hydrogens is 515 g/mol. The number of carbonyl (C=O) groups excluding carboxylic acids is 1. The van der Waals surface area contributed by atoms with Crippen molar-refractivity contribution < 1.29 is 22.7 Å². The summed E-state index contributed by atoms with van der Waals surface area (Å²) in [5, 5.41) is 0. The number of nitrogens with one attached hydrogen (secondary N) is 1. The number of hydrogen-bond acceptors (Lipinski definition) is 5. The number of ether oxygens (including phenoxy) is 1. The Kier molecular flexibility index (Phi) is 6.71. The highest BCUT2D eigenvalue weighted by Crippen LogP contribution is 2.32. The number of carbonyl (C=O) groups is 1. The Morgan fingerprint density at radius 3 is 2.31 bits per heavy atom. The average Bonchev–Trinajstić information content (AvgIpc) is 3.39. The fraction of sp³-hybridized carbons (Fsp3) is 0.296. The third kappa shape index (κ3) is 5.14. The van der Waals surface area contributed by atoms with Gasteiger partial charge in [0.25, 0.3) is 11.5 Å². The highest BCUT2D eigenvalue weighted by atomic mass is 19.4. The molecule has 1 aliphatic rings. The zero-order valence-corrected chi connectivity index (χ0v) is 21.3. The quantitative estimate of drug-likeness (QED) is 0.420. The number of alkyl halides is 3. The molecule has 0 saturated carbocycles. The van der Waals surface area contributed by atoms with Gasteiger partial charge in [0.2, 0.25) is 0 Å². The van der Waals surface area contributed by atoms with Crippen LogP contribution in [0.1, 0.15) is 5.56 Å². The Balaban J connectivity index is 1.18. The Morgan fingerprint density at radius 2 is 1.64 bits per heavy atom. The van der Waals surface area contributed by atoms with Gasteiger partial charge in [-0.2, -0.15) is 13.2 Å². The van der Waals surface area contributed by atoms with Gasteiger partial charge in [0.15, 0.2) is 6.61 Å². The number of anilines is 1. The van der Waals surface area contributed by atoms with Crippen molar-refractivity contribution in [3.63, 3.8) is 0 Å². The maximum Gasteiger partial charge on any atom is 0.416 e. The molecule has 12 heteroatoms. The summed E-state index contributed by atoms with van der Waals surface area (Å²) in [6, 6.07) is 13.9. The van der Waals surface area contributed by atoms with E-state index in [1.807, 2.05) is 4.90 Å². The topological polar surface area (TPSA) is 92.6 Å². The molecule has 1 amide bonds. The van der Waals surface area contributed by atoms with E-state index in [0.717, 1.165) is 22.3 Å². The third-order valence-corrected chi connectivity index (χ3v) is 6.95. The number of H-pyrrole nitrogens is 1. The summed E-state index contributed by atoms with van der Waals surface area (Å²) < 4.78 is 47.2. The van der Waals surface area contributed by atoms with Crippen LogP contribution >= 0.6 is 0 Å². The van der Waals surface area contributed by atoms with E-state index in [-0.39, 0.29) is 12.5 Å². The minimum Gasteiger partial charge on any atom is -0.484 e. The Bertz CT molecular complexity index is 1650. The van der Waals surface area contributed by atoms with Gasteiger partial charge in [-0.1, -0.05) is 6.07 Å². The molecule has 204 valence electrons. The fourth-order valence-electron chi connectivity index (χ4n) is 4.67. The van der Waals surface area contributed by atoms with Crippen molar-refractivity contribution in [3.05, 3.63) is 81.0 Å². The predicted octanol–water partition coefficient (Wildman–Crippen LogP) is 2.98. The fourth-order valence-corrected chi connectivity index (χ4v) is 4.67. The lowest BCUT2D eigenvalue weighted by Crippen LogP contribution is -2.50. The number of benzene rings is 2. The van der Waals surface area contributed by atoms with Crippen LogP contribution in [0, 0.1) is 0 Å². The molecule has 2 aromatic carbocycles. The Morgan fingerprint density at radius 1 is 0.949 bits per heavy atom. The first-order valence-corrected chi connectivity index (χ1v) is 12.2. The molecule has 4 aromatic rings. The van der Waals surface area contributed by atoms with Crippen LogP contribution in [0.25, 0.3) is 22.3 Å². The molecule has 39 heavy (non-hydrogen) atoms. The second kappa shape index (κ2) is 10.0. The summed E-state index contributed by atoms with van der Waals surface area (Å²) in [5.41, 5.74) is 1.21. The lowest BCUT2D eigenvalue weighted by molar-refractivity contribution is -0.137. The van der Waals surface area contributed by atoms with Crippen molar-refractivity contribution >= 4 is 22.6 Å². The number of nitrogens with zero attached hydrogens (tertiary/aromatic N) is 4. The number of rotatable bonds is 5. The van der Waals surface area contributed by atoms with Gasteiger partial charge in [0, 0.05) is 51.7 Å². The van der Waals surface area contributed by atoms with Crippen LogP contribution in [0.3, 0.4) is 0 Å². The van der Waals surface area contributed by atoms with E-state index in [1.54, 1.807) is 48.3 Å². The summed E-state index contributed by atoms with van der Waals surface area (Å²) in [6.45, 7) is 1.41. The van der Waals surface area contributed by atoms with Crippen LogP contribution < -0.4 is 20.9 Å². The number of hydrogen-bond donors (Lipinski definition) is 1. The van der Waals surface area contributed by atoms with Crippen molar-refractivity contribution in [1.29, 1.82) is 0 Å². The van der Waals surface area contributed by atoms with Crippen LogP contribution in [-0.2, 0) is 25.1 Å². The maximum absolute atomic E-state index is 13.0. The first-order valence-electron chi connectivity index (χ1n) is 12.2. The smallest absolute Gasteiger partial charge is 0.416 e. The van der Waals surface area contributed by atoms with E-state index in [4.69, 9.17) is 4.74 Å². The highest BCUT2D eigenvalue weighted by molar-refractivity contribution is 5.82. The highest BCUT2D eigenvalue weighted by Gasteiger charge is 2.31. The van der Waals surface area contributed by atoms with Gasteiger partial charge in [-0.3, -0.25) is 18.7 Å². The normalized spacial score (nSPS) is 14.2. The monoisotopic (exact) mass is 541 g/mol. The minimum atomic E-state index is -4.41. The van der Waals surface area contributed by atoms with Crippen LogP contribution in [0.2, 0.25) is 0 Å². The van der Waals surface area contributed by atoms with Gasteiger partial charge in [-0.15, -0.1) is 0 Å². The standard InChI is InChI=1S/C27H26F3N5O4/c1-32-22-15-21(31-24(22)25(37)33(2)26(32)38)17-6-8-20(9-7-17)39-16-23(36)35-12-10-34(11-13-35)19-5-3-4-18(14-19)27(28,29)30/h3-9,14-15,31H,10-13,16H2,1-2H3. The third-order valence-electron chi connectivity index (χ3n) is 6.95. The van der Waals surface area contributed by atoms with Crippen molar-refractivity contribution in [2.24, 2.45) is 14.1 Å². The molecule has 1 saturated heterocycles. The average molecular weight is 542 g/mol. The Hall–Kier alpha value is -4.48. The lowest BCUT2D eigenvalue weighted by atomic mass is 10.1. The molecular formula is C27H26F3N5O4. The molecule has 0 aliphatic carbocycles. The molecule has 0 unspecified atom stereocenters. The van der Waals surface area contributed by atoms with E-state index >= 15 is 0 Å². The molecule has 1 aliphatic heterocycles. The molecule has 2 aromatic heterocycles. The molecule has 1 fully saturated rings. The lowest BCUT2D eigenvalue weighted by Gasteiger charge is -2.36. The first kappa shape index (κ1) is 26.1. The van der Waals surface area contributed by atoms with Crippen LogP contribution in [0.4, 0.5) is 18.9 Å². The van der Waals surface area contributed by atoms with Crippen LogP contribution in [0.15, 0.2) is 64.2 Å². The van der Waals surface area contributed by atoms with Gasteiger partial charge < -0.3 is 19.5 Å². The zero-order chi connectivity index (χ0) is 27.9. The number of aromatic nitrogens is 3. The number of piperazine rings is 1. The minimum absolute atomic E-state index is 0.173. The van der Waals surface area contributed by atoms with E-state index < -0.39 is 23.0 Å². The van der Waals surface area contributed by atoms with E-state index in [2.05, 4.69) is 4.98 Å². The van der Waals surface area contributed by atoms with Crippen LogP contribution in [-0.4, -0.2) is 57.7 Å². The zero-order valence-electron chi connectivity index (χ0n) is 21.3. The molecule has 0 spiro atoms. The number of aromatic amines is 1. The molecule has 0 radical (unpaired) electrons. The van der Waals surface area contributed by atoms with Gasteiger partial charge in [-0.05, 0) is 54.1 Å². The summed E-state index contributed by atoms with van der Waals surface area (Å²) in [6.07, 6.45) is -4.41. The molecule has 5 rings (SSSR count).